The monoisotopic (exact) mass is 532 g/mol. The van der Waals surface area contributed by atoms with E-state index >= 15 is 0 Å². The third-order valence-corrected chi connectivity index (χ3v) is 11.9. The topological polar surface area (TPSA) is 52.6 Å². The van der Waals surface area contributed by atoms with Crippen molar-refractivity contribution in [1.82, 2.24) is 0 Å². The molecule has 0 aliphatic carbocycles. The van der Waals surface area contributed by atoms with Gasteiger partial charge in [0.1, 0.15) is 0 Å². The van der Waals surface area contributed by atoms with Crippen molar-refractivity contribution in [1.29, 1.82) is 0 Å². The molecule has 0 saturated carbocycles. The van der Waals surface area contributed by atoms with Gasteiger partial charge in [0.05, 0.1) is 12.2 Å². The minimum Gasteiger partial charge on any atom is -0.319 e. The molecule has 0 spiro atoms. The van der Waals surface area contributed by atoms with Gasteiger partial charge < -0.3 is 9.05 Å². The van der Waals surface area contributed by atoms with Crippen LogP contribution in [0.2, 0.25) is 0 Å². The Labute approximate surface area is 220 Å². The van der Waals surface area contributed by atoms with Crippen LogP contribution in [0.1, 0.15) is 27.2 Å². The summed E-state index contributed by atoms with van der Waals surface area (Å²) in [6.07, 6.45) is -0.146. The van der Waals surface area contributed by atoms with Crippen molar-refractivity contribution in [2.45, 2.75) is 39.4 Å². The van der Waals surface area contributed by atoms with Gasteiger partial charge >= 0.3 is 0 Å². The summed E-state index contributed by atoms with van der Waals surface area (Å²) in [6.45, 7) is 5.92. The molecule has 0 aliphatic rings. The number of benzene rings is 4. The van der Waals surface area contributed by atoms with Crippen LogP contribution in [0.4, 0.5) is 0 Å². The highest BCUT2D eigenvalue weighted by atomic mass is 31.2. The fourth-order valence-corrected chi connectivity index (χ4v) is 9.30. The maximum Gasteiger partial charge on any atom is 0.261 e. The van der Waals surface area contributed by atoms with Crippen LogP contribution >= 0.6 is 14.7 Å². The van der Waals surface area contributed by atoms with Crippen molar-refractivity contribution in [3.05, 3.63) is 121 Å². The first-order valence-electron chi connectivity index (χ1n) is 12.7. The molecule has 2 atom stereocenters. The van der Waals surface area contributed by atoms with Gasteiger partial charge in [-0.25, -0.2) is 0 Å². The molecular formula is C31H34O4P2. The third kappa shape index (κ3) is 6.06. The zero-order valence-corrected chi connectivity index (χ0v) is 23.3. The van der Waals surface area contributed by atoms with Crippen LogP contribution in [-0.2, 0) is 18.2 Å². The second-order valence-corrected chi connectivity index (χ2v) is 13.8. The lowest BCUT2D eigenvalue weighted by atomic mass is 9.95. The summed E-state index contributed by atoms with van der Waals surface area (Å²) in [5.74, 6) is -0.151. The first-order valence-corrected chi connectivity index (χ1v) is 15.9. The van der Waals surface area contributed by atoms with E-state index in [0.29, 0.717) is 27.6 Å². The lowest BCUT2D eigenvalue weighted by Gasteiger charge is -2.34. The standard InChI is InChI=1S/C31H34O4P2/c1-4-31(25(2)34-36(32,27-17-9-5-10-18-27)28-19-11-6-12-20-28)26(3)35-37(33,29-21-13-7-14-22-29)30-23-15-8-16-24-30/h5-26,31H,4H2,1-3H3. The largest absolute Gasteiger partial charge is 0.319 e. The van der Waals surface area contributed by atoms with Crippen LogP contribution in [0.25, 0.3) is 0 Å². The molecule has 0 fully saturated rings. The zero-order chi connectivity index (χ0) is 26.3. The van der Waals surface area contributed by atoms with E-state index in [1.54, 1.807) is 0 Å². The van der Waals surface area contributed by atoms with E-state index in [4.69, 9.17) is 9.05 Å². The molecule has 0 heterocycles. The van der Waals surface area contributed by atoms with Crippen molar-refractivity contribution in [2.75, 3.05) is 0 Å². The summed E-state index contributed by atoms with van der Waals surface area (Å²) in [4.78, 5) is 0. The molecule has 0 amide bonds. The maximum atomic E-state index is 14.5. The molecule has 2 unspecified atom stereocenters. The van der Waals surface area contributed by atoms with Gasteiger partial charge in [0.2, 0.25) is 0 Å². The van der Waals surface area contributed by atoms with E-state index in [9.17, 15) is 9.13 Å². The molecule has 6 heteroatoms. The Hall–Kier alpha value is -2.74. The number of hydrogen-bond donors (Lipinski definition) is 0. The number of rotatable bonds is 11. The van der Waals surface area contributed by atoms with Gasteiger partial charge in [-0.2, -0.15) is 0 Å². The maximum absolute atomic E-state index is 14.5. The van der Waals surface area contributed by atoms with Gasteiger partial charge in [0.25, 0.3) is 14.7 Å². The van der Waals surface area contributed by atoms with Crippen molar-refractivity contribution in [3.8, 4) is 0 Å². The molecule has 0 aromatic heterocycles. The molecular weight excluding hydrogens is 498 g/mol. The third-order valence-electron chi connectivity index (χ3n) is 6.69. The van der Waals surface area contributed by atoms with Gasteiger partial charge in [-0.15, -0.1) is 0 Å². The summed E-state index contributed by atoms with van der Waals surface area (Å²) in [7, 11) is -6.76. The summed E-state index contributed by atoms with van der Waals surface area (Å²) >= 11 is 0. The van der Waals surface area contributed by atoms with Gasteiger partial charge in [0, 0.05) is 27.1 Å². The molecule has 4 aromatic carbocycles. The molecule has 4 aromatic rings. The first-order chi connectivity index (χ1) is 17.9. The zero-order valence-electron chi connectivity index (χ0n) is 21.5. The molecule has 4 nitrogen and oxygen atoms in total. The lowest BCUT2D eigenvalue weighted by molar-refractivity contribution is 0.0653. The number of hydrogen-bond acceptors (Lipinski definition) is 4. The van der Waals surface area contributed by atoms with Gasteiger partial charge in [-0.1, -0.05) is 79.7 Å². The first kappa shape index (κ1) is 27.3. The van der Waals surface area contributed by atoms with Crippen LogP contribution in [-0.4, -0.2) is 12.2 Å². The summed E-state index contributed by atoms with van der Waals surface area (Å²) in [5.41, 5.74) is 0. The van der Waals surface area contributed by atoms with E-state index in [1.807, 2.05) is 135 Å². The predicted octanol–water partition coefficient (Wildman–Crippen LogP) is 6.68. The fourth-order valence-electron chi connectivity index (χ4n) is 4.71. The Morgan fingerprint density at radius 1 is 0.514 bits per heavy atom. The molecule has 0 radical (unpaired) electrons. The highest BCUT2D eigenvalue weighted by Gasteiger charge is 2.38. The Morgan fingerprint density at radius 3 is 0.973 bits per heavy atom. The summed E-state index contributed by atoms with van der Waals surface area (Å²) in [5, 5.41) is 2.60. The van der Waals surface area contributed by atoms with E-state index in [-0.39, 0.29) is 5.92 Å². The lowest BCUT2D eigenvalue weighted by Crippen LogP contribution is -2.34. The van der Waals surface area contributed by atoms with E-state index in [1.165, 1.54) is 0 Å². The minimum atomic E-state index is -3.38. The highest BCUT2D eigenvalue weighted by molar-refractivity contribution is 7.74. The van der Waals surface area contributed by atoms with Crippen LogP contribution in [0.3, 0.4) is 0 Å². The second kappa shape index (κ2) is 12.2. The highest BCUT2D eigenvalue weighted by Crippen LogP contribution is 2.50. The molecule has 4 rings (SSSR count). The van der Waals surface area contributed by atoms with Crippen molar-refractivity contribution in [2.24, 2.45) is 5.92 Å². The molecule has 0 saturated heterocycles. The molecule has 0 N–H and O–H groups in total. The van der Waals surface area contributed by atoms with Crippen LogP contribution in [0.5, 0.6) is 0 Å². The Balaban J connectivity index is 1.65. The summed E-state index contributed by atoms with van der Waals surface area (Å²) < 4.78 is 42.0. The normalized spacial score (nSPS) is 14.6. The molecule has 0 aliphatic heterocycles. The quantitative estimate of drug-likeness (QED) is 0.202. The van der Waals surface area contributed by atoms with Gasteiger partial charge in [-0.3, -0.25) is 9.13 Å². The van der Waals surface area contributed by atoms with Crippen LogP contribution < -0.4 is 21.2 Å². The minimum absolute atomic E-state index is 0.151. The van der Waals surface area contributed by atoms with Crippen molar-refractivity contribution < 1.29 is 18.2 Å². The van der Waals surface area contributed by atoms with Gasteiger partial charge in [-0.05, 0) is 68.8 Å². The average molecular weight is 533 g/mol. The Kier molecular flexibility index (Phi) is 9.00. The smallest absolute Gasteiger partial charge is 0.261 e. The second-order valence-electron chi connectivity index (χ2n) is 9.14. The van der Waals surface area contributed by atoms with Crippen LogP contribution in [0.15, 0.2) is 121 Å². The molecule has 192 valence electrons. The Morgan fingerprint density at radius 2 is 0.757 bits per heavy atom. The molecule has 37 heavy (non-hydrogen) atoms. The predicted molar refractivity (Wildman–Crippen MR) is 154 cm³/mol. The Bertz CT molecular complexity index is 1150. The van der Waals surface area contributed by atoms with Gasteiger partial charge in [0.15, 0.2) is 0 Å². The summed E-state index contributed by atoms with van der Waals surface area (Å²) in [6, 6.07) is 37.4. The van der Waals surface area contributed by atoms with E-state index < -0.39 is 26.9 Å². The SMILES string of the molecule is CCC(C(C)OP(=O)(c1ccccc1)c1ccccc1)C(C)OP(=O)(c1ccccc1)c1ccccc1. The van der Waals surface area contributed by atoms with E-state index in [0.717, 1.165) is 0 Å². The van der Waals surface area contributed by atoms with Crippen molar-refractivity contribution >= 4 is 36.0 Å². The molecule has 0 bridgehead atoms. The average Bonchev–Trinajstić information content (AvgIpc) is 2.95. The fraction of sp³-hybridized carbons (Fsp3) is 0.226. The van der Waals surface area contributed by atoms with E-state index in [2.05, 4.69) is 6.92 Å². The van der Waals surface area contributed by atoms with Crippen molar-refractivity contribution in [3.63, 3.8) is 0 Å². The van der Waals surface area contributed by atoms with Crippen LogP contribution in [0, 0.1) is 5.92 Å².